The van der Waals surface area contributed by atoms with E-state index in [1.807, 2.05) is 24.1 Å². The fraction of sp³-hybridized carbons (Fsp3) is 0.759. The van der Waals surface area contributed by atoms with E-state index in [4.69, 9.17) is 4.74 Å². The van der Waals surface area contributed by atoms with Crippen LogP contribution >= 0.6 is 0 Å². The van der Waals surface area contributed by atoms with Crippen LogP contribution < -0.4 is 0 Å². The Morgan fingerprint density at radius 1 is 1.15 bits per heavy atom. The number of carbonyl (C=O) groups excluding carboxylic acids is 1. The number of hydrogen-bond acceptors (Lipinski definition) is 4. The summed E-state index contributed by atoms with van der Waals surface area (Å²) >= 11 is 0. The van der Waals surface area contributed by atoms with Crippen molar-refractivity contribution in [3.05, 3.63) is 24.7 Å². The van der Waals surface area contributed by atoms with E-state index in [9.17, 15) is 4.79 Å². The molecular weight excluding hydrogens is 422 g/mol. The van der Waals surface area contributed by atoms with E-state index in [1.54, 1.807) is 12.4 Å². The average molecular weight is 464 g/mol. The van der Waals surface area contributed by atoms with E-state index in [2.05, 4.69) is 30.9 Å². The zero-order chi connectivity index (χ0) is 23.7. The van der Waals surface area contributed by atoms with E-state index < -0.39 is 0 Å². The molecule has 0 amide bonds. The quantitative estimate of drug-likeness (QED) is 0.565. The van der Waals surface area contributed by atoms with Crippen molar-refractivity contribution in [1.82, 2.24) is 14.8 Å². The molecule has 0 N–H and O–H groups in total. The predicted molar refractivity (Wildman–Crippen MR) is 133 cm³/mol. The highest BCUT2D eigenvalue weighted by atomic mass is 16.5. The third-order valence-corrected chi connectivity index (χ3v) is 11.4. The number of hydrogen-bond donors (Lipinski definition) is 0. The number of Topliss-reactive ketones (excluding diaryl/α,β-unsaturated/α-hetero) is 1. The molecule has 0 radical (unpaired) electrons. The van der Waals surface area contributed by atoms with Gasteiger partial charge in [0.05, 0.1) is 18.8 Å². The minimum atomic E-state index is -0.0632. The van der Waals surface area contributed by atoms with Crippen molar-refractivity contribution in [2.45, 2.75) is 84.8 Å². The van der Waals surface area contributed by atoms with Crippen molar-refractivity contribution < 1.29 is 9.53 Å². The summed E-state index contributed by atoms with van der Waals surface area (Å²) in [5, 5.41) is 5.66. The van der Waals surface area contributed by atoms with Gasteiger partial charge in [0, 0.05) is 36.2 Å². The predicted octanol–water partition coefficient (Wildman–Crippen LogP) is 5.92. The van der Waals surface area contributed by atoms with Gasteiger partial charge in [-0.25, -0.2) is 0 Å². The summed E-state index contributed by atoms with van der Waals surface area (Å²) in [5.41, 5.74) is 1.25. The molecule has 4 aliphatic rings. The van der Waals surface area contributed by atoms with Crippen LogP contribution in [0.15, 0.2) is 24.7 Å². The number of methoxy groups -OCH3 is 1. The molecule has 0 saturated heterocycles. The number of ether oxygens (including phenoxy) is 1. The van der Waals surface area contributed by atoms with Crippen LogP contribution in [0.2, 0.25) is 0 Å². The topological polar surface area (TPSA) is 57.0 Å². The van der Waals surface area contributed by atoms with Crippen LogP contribution in [0, 0.1) is 46.3 Å². The van der Waals surface area contributed by atoms with Gasteiger partial charge in [-0.3, -0.25) is 14.5 Å². The smallest absolute Gasteiger partial charge is 0.157 e. The Morgan fingerprint density at radius 2 is 2.00 bits per heavy atom. The van der Waals surface area contributed by atoms with Gasteiger partial charge in [0.1, 0.15) is 5.52 Å². The summed E-state index contributed by atoms with van der Waals surface area (Å²) in [6, 6.07) is 1.96. The number of fused-ring (bicyclic) bond motifs is 6. The van der Waals surface area contributed by atoms with Crippen LogP contribution in [0.1, 0.15) is 72.1 Å². The first-order chi connectivity index (χ1) is 16.3. The second-order valence-corrected chi connectivity index (χ2v) is 12.7. The molecule has 9 atom stereocenters. The van der Waals surface area contributed by atoms with Gasteiger partial charge in [0.2, 0.25) is 0 Å². The molecule has 0 spiro atoms. The maximum absolute atomic E-state index is 13.8. The highest BCUT2D eigenvalue weighted by Crippen LogP contribution is 2.68. The Balaban J connectivity index is 1.27. The molecular formula is C29H41N3O2. The Labute approximate surface area is 204 Å². The van der Waals surface area contributed by atoms with Gasteiger partial charge in [-0.05, 0) is 86.0 Å². The number of rotatable bonds is 4. The third-order valence-electron chi connectivity index (χ3n) is 11.4. The highest BCUT2D eigenvalue weighted by molar-refractivity contribution is 5.83. The van der Waals surface area contributed by atoms with Crippen molar-refractivity contribution in [1.29, 1.82) is 0 Å². The molecule has 2 aromatic rings. The van der Waals surface area contributed by atoms with E-state index in [-0.39, 0.29) is 17.4 Å². The molecule has 6 rings (SSSR count). The minimum absolute atomic E-state index is 0.0609. The van der Waals surface area contributed by atoms with Gasteiger partial charge >= 0.3 is 0 Å². The Kier molecular flexibility index (Phi) is 5.44. The zero-order valence-corrected chi connectivity index (χ0v) is 21.4. The lowest BCUT2D eigenvalue weighted by atomic mass is 9.43. The first-order valence-electron chi connectivity index (χ1n) is 13.7. The Hall–Kier alpha value is -1.75. The molecule has 9 unspecified atom stereocenters. The van der Waals surface area contributed by atoms with Crippen molar-refractivity contribution >= 4 is 16.7 Å². The lowest BCUT2D eigenvalue weighted by Gasteiger charge is -2.62. The number of aromatic nitrogens is 3. The van der Waals surface area contributed by atoms with Crippen molar-refractivity contribution in [3.63, 3.8) is 0 Å². The van der Waals surface area contributed by atoms with Crippen LogP contribution in [0.25, 0.3) is 10.9 Å². The minimum Gasteiger partial charge on any atom is -0.381 e. The van der Waals surface area contributed by atoms with Gasteiger partial charge < -0.3 is 4.74 Å². The maximum atomic E-state index is 13.8. The monoisotopic (exact) mass is 463 g/mol. The molecule has 5 nitrogen and oxygen atoms in total. The van der Waals surface area contributed by atoms with E-state index in [1.165, 1.54) is 38.5 Å². The molecule has 34 heavy (non-hydrogen) atoms. The van der Waals surface area contributed by atoms with Crippen LogP contribution in [0.4, 0.5) is 0 Å². The molecule has 0 bridgehead atoms. The lowest BCUT2D eigenvalue weighted by Crippen LogP contribution is -2.59. The summed E-state index contributed by atoms with van der Waals surface area (Å²) < 4.78 is 8.13. The van der Waals surface area contributed by atoms with Crippen molar-refractivity contribution in [2.24, 2.45) is 46.3 Å². The Morgan fingerprint density at radius 3 is 2.79 bits per heavy atom. The molecule has 0 aromatic carbocycles. The molecule has 2 heterocycles. The van der Waals surface area contributed by atoms with Crippen LogP contribution in [0.5, 0.6) is 0 Å². The fourth-order valence-corrected chi connectivity index (χ4v) is 9.56. The Bertz CT molecular complexity index is 1050. The third kappa shape index (κ3) is 3.25. The first-order valence-corrected chi connectivity index (χ1v) is 13.7. The molecule has 4 fully saturated rings. The summed E-state index contributed by atoms with van der Waals surface area (Å²) in [7, 11) is 1.89. The first kappa shape index (κ1) is 22.7. The number of pyridine rings is 1. The van der Waals surface area contributed by atoms with Gasteiger partial charge in [-0.15, -0.1) is 0 Å². The van der Waals surface area contributed by atoms with E-state index >= 15 is 0 Å². The molecule has 2 aromatic heterocycles. The number of carbonyl (C=O) groups is 1. The lowest BCUT2D eigenvalue weighted by molar-refractivity contribution is -0.178. The van der Waals surface area contributed by atoms with E-state index in [0.29, 0.717) is 23.7 Å². The van der Waals surface area contributed by atoms with Crippen LogP contribution in [-0.4, -0.2) is 33.8 Å². The largest absolute Gasteiger partial charge is 0.381 e. The van der Waals surface area contributed by atoms with Gasteiger partial charge in [-0.2, -0.15) is 5.10 Å². The molecule has 4 aliphatic carbocycles. The van der Waals surface area contributed by atoms with Gasteiger partial charge in [-0.1, -0.05) is 27.2 Å². The van der Waals surface area contributed by atoms with Crippen molar-refractivity contribution in [2.75, 3.05) is 7.11 Å². The summed E-state index contributed by atoms with van der Waals surface area (Å²) in [6.45, 7) is 7.82. The normalized spacial score (nSPS) is 43.8. The molecule has 5 heteroatoms. The highest BCUT2D eigenvalue weighted by Gasteiger charge is 2.64. The summed E-state index contributed by atoms with van der Waals surface area (Å²) in [5.74, 6) is 4.25. The van der Waals surface area contributed by atoms with Gasteiger partial charge in [0.25, 0.3) is 0 Å². The van der Waals surface area contributed by atoms with Crippen LogP contribution in [0.3, 0.4) is 0 Å². The van der Waals surface area contributed by atoms with Crippen LogP contribution in [-0.2, 0) is 16.1 Å². The fourth-order valence-electron chi connectivity index (χ4n) is 9.56. The molecule has 0 aliphatic heterocycles. The standard InChI is InChI=1S/C29H41N3O2/c1-18-9-11-28(2)20(13-18)5-6-21-22-7-8-23(29(22,3)27(34-4)14-24(21)28)26(33)17-32-16-19-10-12-30-15-25(19)31-32/h10,12,15-16,18,20-24,27H,5-9,11,13-14,17H2,1-4H3. The van der Waals surface area contributed by atoms with E-state index in [0.717, 1.165) is 47.4 Å². The molecule has 184 valence electrons. The number of ketones is 1. The average Bonchev–Trinajstić information content (AvgIpc) is 3.39. The summed E-state index contributed by atoms with van der Waals surface area (Å²) in [4.78, 5) is 17.9. The zero-order valence-electron chi connectivity index (χ0n) is 21.4. The summed E-state index contributed by atoms with van der Waals surface area (Å²) in [6.07, 6.45) is 15.9. The SMILES string of the molecule is COC1CC2C(CCC3CC(C)CCC32C)C2CCC(C(=O)Cn3cc4ccncc4n3)C12C. The number of nitrogens with zero attached hydrogens (tertiary/aromatic N) is 3. The second-order valence-electron chi connectivity index (χ2n) is 12.7. The van der Waals surface area contributed by atoms with Crippen molar-refractivity contribution in [3.8, 4) is 0 Å². The maximum Gasteiger partial charge on any atom is 0.157 e. The molecule has 4 saturated carbocycles. The van der Waals surface area contributed by atoms with Gasteiger partial charge in [0.15, 0.2) is 5.78 Å². The second kappa shape index (κ2) is 8.15.